The van der Waals surface area contributed by atoms with Crippen LogP contribution in [0, 0.1) is 22.7 Å². The van der Waals surface area contributed by atoms with Crippen molar-refractivity contribution < 1.29 is 4.79 Å². The first-order valence-electron chi connectivity index (χ1n) is 11.5. The number of halogens is 2. The molecule has 3 aromatic rings. The van der Waals surface area contributed by atoms with E-state index in [9.17, 15) is 10.1 Å². The highest BCUT2D eigenvalue weighted by Crippen LogP contribution is 2.44. The number of thiophene rings is 1. The SMILES string of the molecule is CCn1c(SCC(=O)Nc2sc3c(c2C#N)CCC(C(C)(C)C)C3)nnc1-c1ccc(Cl)cc1Cl. The summed E-state index contributed by atoms with van der Waals surface area (Å²) >= 11 is 15.2. The lowest BCUT2D eigenvalue weighted by atomic mass is 9.72. The van der Waals surface area contributed by atoms with E-state index in [4.69, 9.17) is 23.2 Å². The highest BCUT2D eigenvalue weighted by molar-refractivity contribution is 7.99. The maximum Gasteiger partial charge on any atom is 0.235 e. The van der Waals surface area contributed by atoms with Crippen molar-refractivity contribution in [2.75, 3.05) is 11.1 Å². The summed E-state index contributed by atoms with van der Waals surface area (Å²) in [4.78, 5) is 14.1. The van der Waals surface area contributed by atoms with E-state index >= 15 is 0 Å². The fourth-order valence-corrected chi connectivity index (χ4v) is 6.96. The van der Waals surface area contributed by atoms with Gasteiger partial charge in [0.05, 0.1) is 16.3 Å². The zero-order valence-corrected chi connectivity index (χ0v) is 23.3. The standard InChI is InChI=1S/C25H27Cl2N5OS2/c1-5-32-22(17-9-7-15(26)11-19(17)27)30-31-24(32)34-13-21(33)29-23-18(12-28)16-8-6-14(25(2,3)4)10-20(16)35-23/h7,9,11,14H,5-6,8,10,13H2,1-4H3,(H,29,33). The number of benzene rings is 1. The third-order valence-electron chi connectivity index (χ3n) is 6.39. The van der Waals surface area contributed by atoms with Crippen LogP contribution in [-0.2, 0) is 24.2 Å². The molecule has 0 saturated carbocycles. The molecule has 2 aromatic heterocycles. The van der Waals surface area contributed by atoms with Gasteiger partial charge in [0.25, 0.3) is 0 Å². The van der Waals surface area contributed by atoms with Crippen LogP contribution in [-0.4, -0.2) is 26.4 Å². The van der Waals surface area contributed by atoms with Crippen LogP contribution >= 0.6 is 46.3 Å². The number of carbonyl (C=O) groups excluding carboxylic acids is 1. The lowest BCUT2D eigenvalue weighted by Crippen LogP contribution is -2.26. The smallest absolute Gasteiger partial charge is 0.235 e. The predicted molar refractivity (Wildman–Crippen MR) is 145 cm³/mol. The minimum Gasteiger partial charge on any atom is -0.316 e. The van der Waals surface area contributed by atoms with E-state index in [2.05, 4.69) is 42.4 Å². The van der Waals surface area contributed by atoms with Gasteiger partial charge >= 0.3 is 0 Å². The Morgan fingerprint density at radius 2 is 2.11 bits per heavy atom. The van der Waals surface area contributed by atoms with Crippen LogP contribution in [0.15, 0.2) is 23.4 Å². The summed E-state index contributed by atoms with van der Waals surface area (Å²) in [5.41, 5.74) is 2.68. The average molecular weight is 549 g/mol. The summed E-state index contributed by atoms with van der Waals surface area (Å²) in [7, 11) is 0. The Morgan fingerprint density at radius 3 is 2.77 bits per heavy atom. The van der Waals surface area contributed by atoms with Crippen LogP contribution in [0.5, 0.6) is 0 Å². The normalized spacial score (nSPS) is 15.5. The van der Waals surface area contributed by atoms with E-state index in [1.54, 1.807) is 23.5 Å². The van der Waals surface area contributed by atoms with Gasteiger partial charge < -0.3 is 9.88 Å². The molecule has 0 saturated heterocycles. The van der Waals surface area contributed by atoms with Crippen molar-refractivity contribution in [1.29, 1.82) is 5.26 Å². The number of nitrogens with one attached hydrogen (secondary N) is 1. The summed E-state index contributed by atoms with van der Waals surface area (Å²) in [6, 6.07) is 7.57. The number of carbonyl (C=O) groups is 1. The molecular formula is C25H27Cl2N5OS2. The van der Waals surface area contributed by atoms with Gasteiger partial charge in [-0.1, -0.05) is 55.7 Å². The molecule has 184 valence electrons. The fourth-order valence-electron chi connectivity index (χ4n) is 4.37. The Kier molecular flexibility index (Phi) is 7.82. The third-order valence-corrected chi connectivity index (χ3v) is 9.08. The van der Waals surface area contributed by atoms with E-state index in [-0.39, 0.29) is 17.1 Å². The van der Waals surface area contributed by atoms with Gasteiger partial charge in [0, 0.05) is 22.0 Å². The number of thioether (sulfide) groups is 1. The van der Waals surface area contributed by atoms with Crippen molar-refractivity contribution in [2.45, 2.75) is 58.7 Å². The first-order valence-corrected chi connectivity index (χ1v) is 14.0. The van der Waals surface area contributed by atoms with Crippen molar-refractivity contribution in [1.82, 2.24) is 14.8 Å². The van der Waals surface area contributed by atoms with Crippen LogP contribution in [0.4, 0.5) is 5.00 Å². The van der Waals surface area contributed by atoms with Crippen LogP contribution in [0.25, 0.3) is 11.4 Å². The van der Waals surface area contributed by atoms with Gasteiger partial charge in [0.1, 0.15) is 11.1 Å². The maximum absolute atomic E-state index is 12.8. The van der Waals surface area contributed by atoms with Crippen molar-refractivity contribution in [3.8, 4) is 17.5 Å². The first-order chi connectivity index (χ1) is 16.6. The maximum atomic E-state index is 12.8. The Balaban J connectivity index is 1.47. The molecule has 35 heavy (non-hydrogen) atoms. The predicted octanol–water partition coefficient (Wildman–Crippen LogP) is 7.09. The molecule has 0 aliphatic heterocycles. The number of nitriles is 1. The number of fused-ring (bicyclic) bond motifs is 1. The van der Waals surface area contributed by atoms with Gasteiger partial charge in [-0.15, -0.1) is 21.5 Å². The Labute approximate surface area is 224 Å². The van der Waals surface area contributed by atoms with Crippen molar-refractivity contribution in [3.05, 3.63) is 44.2 Å². The van der Waals surface area contributed by atoms with E-state index < -0.39 is 0 Å². The van der Waals surface area contributed by atoms with Gasteiger partial charge in [-0.2, -0.15) is 5.26 Å². The van der Waals surface area contributed by atoms with E-state index in [0.717, 1.165) is 30.4 Å². The molecule has 0 radical (unpaired) electrons. The molecule has 1 unspecified atom stereocenters. The van der Waals surface area contributed by atoms with Crippen LogP contribution < -0.4 is 5.32 Å². The van der Waals surface area contributed by atoms with E-state index in [0.29, 0.717) is 44.1 Å². The second-order valence-corrected chi connectivity index (χ2v) is 12.5. The molecule has 1 aliphatic carbocycles. The zero-order chi connectivity index (χ0) is 25.3. The van der Waals surface area contributed by atoms with Gasteiger partial charge in [0.2, 0.25) is 5.91 Å². The summed E-state index contributed by atoms with van der Waals surface area (Å²) in [5, 5.41) is 23.7. The van der Waals surface area contributed by atoms with Crippen LogP contribution in [0.3, 0.4) is 0 Å². The monoisotopic (exact) mass is 547 g/mol. The molecule has 0 bridgehead atoms. The molecule has 10 heteroatoms. The molecule has 1 N–H and O–H groups in total. The first kappa shape index (κ1) is 26.0. The number of hydrogen-bond donors (Lipinski definition) is 1. The number of anilines is 1. The Bertz CT molecular complexity index is 1300. The van der Waals surface area contributed by atoms with E-state index in [1.807, 2.05) is 17.6 Å². The molecule has 1 aromatic carbocycles. The zero-order valence-electron chi connectivity index (χ0n) is 20.1. The van der Waals surface area contributed by atoms with Crippen LogP contribution in [0.1, 0.15) is 50.1 Å². The summed E-state index contributed by atoms with van der Waals surface area (Å²) in [5.74, 6) is 1.19. The minimum atomic E-state index is -0.172. The molecule has 2 heterocycles. The van der Waals surface area contributed by atoms with Gasteiger partial charge in [0.15, 0.2) is 11.0 Å². The van der Waals surface area contributed by atoms with Crippen molar-refractivity contribution in [2.24, 2.45) is 11.3 Å². The van der Waals surface area contributed by atoms with E-state index in [1.165, 1.54) is 16.6 Å². The number of amides is 1. The second-order valence-electron chi connectivity index (χ2n) is 9.64. The topological polar surface area (TPSA) is 83.6 Å². The number of hydrogen-bond acceptors (Lipinski definition) is 6. The largest absolute Gasteiger partial charge is 0.316 e. The van der Waals surface area contributed by atoms with Gasteiger partial charge in [-0.3, -0.25) is 4.79 Å². The van der Waals surface area contributed by atoms with Crippen molar-refractivity contribution >= 4 is 57.2 Å². The quantitative estimate of drug-likeness (QED) is 0.333. The highest BCUT2D eigenvalue weighted by atomic mass is 35.5. The minimum absolute atomic E-state index is 0.157. The van der Waals surface area contributed by atoms with Crippen molar-refractivity contribution in [3.63, 3.8) is 0 Å². The third kappa shape index (κ3) is 5.54. The Hall–Kier alpha value is -2.05. The second kappa shape index (κ2) is 10.5. The summed E-state index contributed by atoms with van der Waals surface area (Å²) in [6.07, 6.45) is 2.91. The van der Waals surface area contributed by atoms with Gasteiger partial charge in [-0.05, 0) is 61.3 Å². The lowest BCUT2D eigenvalue weighted by molar-refractivity contribution is -0.113. The fraction of sp³-hybridized carbons (Fsp3) is 0.440. The molecule has 4 rings (SSSR count). The Morgan fingerprint density at radius 1 is 1.34 bits per heavy atom. The molecule has 6 nitrogen and oxygen atoms in total. The summed E-state index contributed by atoms with van der Waals surface area (Å²) < 4.78 is 1.92. The molecule has 1 atom stereocenters. The molecule has 1 amide bonds. The number of rotatable bonds is 6. The number of aromatic nitrogens is 3. The lowest BCUT2D eigenvalue weighted by Gasteiger charge is -2.33. The van der Waals surface area contributed by atoms with Crippen LogP contribution in [0.2, 0.25) is 10.0 Å². The average Bonchev–Trinajstić information content (AvgIpc) is 3.36. The molecule has 1 aliphatic rings. The molecule has 0 fully saturated rings. The summed E-state index contributed by atoms with van der Waals surface area (Å²) in [6.45, 7) is 9.41. The highest BCUT2D eigenvalue weighted by Gasteiger charge is 2.32. The van der Waals surface area contributed by atoms with Gasteiger partial charge in [-0.25, -0.2) is 0 Å². The molecular weight excluding hydrogens is 521 g/mol. The number of nitrogens with zero attached hydrogens (tertiary/aromatic N) is 4. The molecule has 0 spiro atoms.